The van der Waals surface area contributed by atoms with Gasteiger partial charge >= 0.3 is 0 Å². The molecule has 7 heteroatoms. The van der Waals surface area contributed by atoms with Gasteiger partial charge in [0.1, 0.15) is 0 Å². The molecule has 1 atom stereocenters. The Morgan fingerprint density at radius 1 is 1.32 bits per heavy atom. The Morgan fingerprint density at radius 2 is 1.95 bits per heavy atom. The number of hydrogen-bond donors (Lipinski definition) is 1. The average Bonchev–Trinajstić information content (AvgIpc) is 2.47. The van der Waals surface area contributed by atoms with Crippen LogP contribution in [0.15, 0.2) is 29.2 Å². The zero-order chi connectivity index (χ0) is 16.3. The summed E-state index contributed by atoms with van der Waals surface area (Å²) in [5.74, 6) is -0.371. The first-order valence-electron chi connectivity index (χ1n) is 7.37. The second kappa shape index (κ2) is 6.98. The molecule has 0 aromatic heterocycles. The smallest absolute Gasteiger partial charge is 0.243 e. The third kappa shape index (κ3) is 4.00. The molecule has 1 heterocycles. The summed E-state index contributed by atoms with van der Waals surface area (Å²) in [6, 6.07) is 6.16. The molecule has 0 saturated carbocycles. The maximum Gasteiger partial charge on any atom is 0.243 e. The number of nitrogens with zero attached hydrogens (tertiary/aromatic N) is 1. The number of piperidine rings is 1. The lowest BCUT2D eigenvalue weighted by atomic mass is 9.98. The second-order valence-corrected chi connectivity index (χ2v) is 8.19. The monoisotopic (exact) mass is 344 g/mol. The Hall–Kier alpha value is -1.11. The van der Waals surface area contributed by atoms with Crippen molar-refractivity contribution in [1.29, 1.82) is 0 Å². The zero-order valence-corrected chi connectivity index (χ0v) is 14.3. The molecular formula is C15H21ClN2O3S. The minimum absolute atomic E-state index is 0.0516. The summed E-state index contributed by atoms with van der Waals surface area (Å²) in [6.07, 6.45) is 1.40. The Balaban J connectivity index is 2.14. The van der Waals surface area contributed by atoms with E-state index >= 15 is 0 Å². The van der Waals surface area contributed by atoms with Crippen molar-refractivity contribution in [1.82, 2.24) is 9.62 Å². The van der Waals surface area contributed by atoms with E-state index in [-0.39, 0.29) is 29.3 Å². The van der Waals surface area contributed by atoms with E-state index in [2.05, 4.69) is 5.32 Å². The summed E-state index contributed by atoms with van der Waals surface area (Å²) in [5.41, 5.74) is 0. The molecule has 0 spiro atoms. The lowest BCUT2D eigenvalue weighted by molar-refractivity contribution is -0.126. The predicted octanol–water partition coefficient (Wildman–Crippen LogP) is 2.27. The molecule has 22 heavy (non-hydrogen) atoms. The van der Waals surface area contributed by atoms with Crippen LogP contribution in [0.1, 0.15) is 26.7 Å². The summed E-state index contributed by atoms with van der Waals surface area (Å²) in [7, 11) is -3.58. The predicted molar refractivity (Wildman–Crippen MR) is 86.2 cm³/mol. The fourth-order valence-corrected chi connectivity index (χ4v) is 4.18. The molecule has 0 radical (unpaired) electrons. The largest absolute Gasteiger partial charge is 0.354 e. The fraction of sp³-hybridized carbons (Fsp3) is 0.533. The van der Waals surface area contributed by atoms with E-state index in [0.717, 1.165) is 0 Å². The maximum absolute atomic E-state index is 12.6. The Bertz CT molecular complexity index is 629. The van der Waals surface area contributed by atoms with Crippen LogP contribution < -0.4 is 5.32 Å². The topological polar surface area (TPSA) is 66.5 Å². The SMILES string of the molecule is CC(C)NC(=O)[C@@H]1CCCN(S(=O)(=O)c2ccc(Cl)cc2)C1. The molecule has 1 aliphatic heterocycles. The van der Waals surface area contributed by atoms with Gasteiger partial charge < -0.3 is 5.32 Å². The summed E-state index contributed by atoms with van der Waals surface area (Å²) in [6.45, 7) is 4.45. The van der Waals surface area contributed by atoms with Gasteiger partial charge in [-0.2, -0.15) is 4.31 Å². The Morgan fingerprint density at radius 3 is 2.55 bits per heavy atom. The Kier molecular flexibility index (Phi) is 5.47. The van der Waals surface area contributed by atoms with Gasteiger partial charge in [0.2, 0.25) is 15.9 Å². The van der Waals surface area contributed by atoms with Crippen molar-refractivity contribution in [3.63, 3.8) is 0 Å². The molecular weight excluding hydrogens is 324 g/mol. The van der Waals surface area contributed by atoms with Crippen molar-refractivity contribution in [3.05, 3.63) is 29.3 Å². The molecule has 0 unspecified atom stereocenters. The third-order valence-corrected chi connectivity index (χ3v) is 5.77. The van der Waals surface area contributed by atoms with Crippen molar-refractivity contribution in [3.8, 4) is 0 Å². The number of carbonyl (C=O) groups excluding carboxylic acids is 1. The molecule has 1 saturated heterocycles. The molecule has 5 nitrogen and oxygen atoms in total. The number of benzene rings is 1. The van der Waals surface area contributed by atoms with E-state index in [1.165, 1.54) is 16.4 Å². The van der Waals surface area contributed by atoms with E-state index in [1.807, 2.05) is 13.8 Å². The van der Waals surface area contributed by atoms with Crippen LogP contribution in [0.25, 0.3) is 0 Å². The number of amides is 1. The fourth-order valence-electron chi connectivity index (χ4n) is 2.53. The first-order chi connectivity index (χ1) is 10.3. The number of carbonyl (C=O) groups is 1. The minimum Gasteiger partial charge on any atom is -0.354 e. The van der Waals surface area contributed by atoms with Crippen LogP contribution in [0.5, 0.6) is 0 Å². The van der Waals surface area contributed by atoms with E-state index in [0.29, 0.717) is 24.4 Å². The molecule has 1 fully saturated rings. The van der Waals surface area contributed by atoms with E-state index in [9.17, 15) is 13.2 Å². The first-order valence-corrected chi connectivity index (χ1v) is 9.18. The van der Waals surface area contributed by atoms with Gasteiger partial charge in [-0.05, 0) is 51.0 Å². The van der Waals surface area contributed by atoms with Crippen LogP contribution in [0, 0.1) is 5.92 Å². The number of nitrogens with one attached hydrogen (secondary N) is 1. The number of sulfonamides is 1. The van der Waals surface area contributed by atoms with Crippen molar-refractivity contribution in [2.45, 2.75) is 37.6 Å². The second-order valence-electron chi connectivity index (χ2n) is 5.82. The number of rotatable bonds is 4. The molecule has 122 valence electrons. The highest BCUT2D eigenvalue weighted by molar-refractivity contribution is 7.89. The third-order valence-electron chi connectivity index (χ3n) is 3.64. The average molecular weight is 345 g/mol. The molecule has 0 bridgehead atoms. The van der Waals surface area contributed by atoms with Crippen LogP contribution in [-0.4, -0.2) is 37.8 Å². The minimum atomic E-state index is -3.58. The highest BCUT2D eigenvalue weighted by Gasteiger charge is 2.33. The molecule has 2 rings (SSSR count). The molecule has 1 aromatic carbocycles. The molecule has 0 aliphatic carbocycles. The van der Waals surface area contributed by atoms with Crippen molar-refractivity contribution >= 4 is 27.5 Å². The van der Waals surface area contributed by atoms with E-state index < -0.39 is 10.0 Å². The van der Waals surface area contributed by atoms with Crippen LogP contribution in [0.3, 0.4) is 0 Å². The van der Waals surface area contributed by atoms with Gasteiger partial charge in [-0.15, -0.1) is 0 Å². The van der Waals surface area contributed by atoms with Gasteiger partial charge in [0.05, 0.1) is 10.8 Å². The first kappa shape index (κ1) is 17.2. The van der Waals surface area contributed by atoms with E-state index in [1.54, 1.807) is 12.1 Å². The quantitative estimate of drug-likeness (QED) is 0.911. The van der Waals surface area contributed by atoms with Gasteiger partial charge in [0.25, 0.3) is 0 Å². The Labute approximate surface area is 136 Å². The molecule has 1 amide bonds. The van der Waals surface area contributed by atoms with Crippen molar-refractivity contribution < 1.29 is 13.2 Å². The van der Waals surface area contributed by atoms with Crippen LogP contribution in [-0.2, 0) is 14.8 Å². The maximum atomic E-state index is 12.6. The summed E-state index contributed by atoms with van der Waals surface area (Å²) >= 11 is 5.80. The summed E-state index contributed by atoms with van der Waals surface area (Å²) < 4.78 is 26.7. The molecule has 1 aromatic rings. The van der Waals surface area contributed by atoms with Gasteiger partial charge in [0, 0.05) is 24.2 Å². The number of hydrogen-bond acceptors (Lipinski definition) is 3. The lowest BCUT2D eigenvalue weighted by Crippen LogP contribution is -2.46. The van der Waals surface area contributed by atoms with Gasteiger partial charge in [-0.3, -0.25) is 4.79 Å². The normalized spacial score (nSPS) is 20.1. The summed E-state index contributed by atoms with van der Waals surface area (Å²) in [4.78, 5) is 12.3. The van der Waals surface area contributed by atoms with E-state index in [4.69, 9.17) is 11.6 Å². The number of halogens is 1. The lowest BCUT2D eigenvalue weighted by Gasteiger charge is -2.31. The highest BCUT2D eigenvalue weighted by Crippen LogP contribution is 2.24. The summed E-state index contributed by atoms with van der Waals surface area (Å²) in [5, 5.41) is 3.35. The molecule has 1 N–H and O–H groups in total. The van der Waals surface area contributed by atoms with Crippen LogP contribution in [0.2, 0.25) is 5.02 Å². The zero-order valence-electron chi connectivity index (χ0n) is 12.8. The highest BCUT2D eigenvalue weighted by atomic mass is 35.5. The van der Waals surface area contributed by atoms with Crippen LogP contribution in [0.4, 0.5) is 0 Å². The van der Waals surface area contributed by atoms with Gasteiger partial charge in [0.15, 0.2) is 0 Å². The van der Waals surface area contributed by atoms with Crippen LogP contribution >= 0.6 is 11.6 Å². The van der Waals surface area contributed by atoms with Gasteiger partial charge in [-0.25, -0.2) is 8.42 Å². The van der Waals surface area contributed by atoms with Gasteiger partial charge in [-0.1, -0.05) is 11.6 Å². The standard InChI is InChI=1S/C15H21ClN2O3S/c1-11(2)17-15(19)12-4-3-9-18(10-12)22(20,21)14-7-5-13(16)6-8-14/h5-8,11-12H,3-4,9-10H2,1-2H3,(H,17,19)/t12-/m1/s1. The molecule has 1 aliphatic rings. The van der Waals surface area contributed by atoms with Crippen molar-refractivity contribution in [2.75, 3.05) is 13.1 Å². The van der Waals surface area contributed by atoms with Crippen molar-refractivity contribution in [2.24, 2.45) is 5.92 Å².